The number of carbonyl (C=O) groups excluding carboxylic acids is 1. The molecule has 0 bridgehead atoms. The largest absolute Gasteiger partial charge is 0.481 e. The molecule has 0 aromatic heterocycles. The molecule has 0 radical (unpaired) electrons. The van der Waals surface area contributed by atoms with Crippen molar-refractivity contribution in [1.82, 2.24) is 10.2 Å². The molecule has 0 unspecified atom stereocenters. The maximum atomic E-state index is 13.7. The second-order valence-corrected chi connectivity index (χ2v) is 6.07. The minimum absolute atomic E-state index is 0.0108. The van der Waals surface area contributed by atoms with E-state index in [2.05, 4.69) is 5.32 Å². The number of carbonyl (C=O) groups is 2. The van der Waals surface area contributed by atoms with E-state index in [0.29, 0.717) is 37.8 Å². The maximum Gasteiger partial charge on any atom is 0.318 e. The predicted octanol–water partition coefficient (Wildman–Crippen LogP) is 2.49. The fourth-order valence-corrected chi connectivity index (χ4v) is 3.28. The number of aliphatic carboxylic acids is 1. The fraction of sp³-hybridized carbons (Fsp3) is 0.500. The van der Waals surface area contributed by atoms with Gasteiger partial charge < -0.3 is 15.3 Å². The molecule has 1 aromatic rings. The van der Waals surface area contributed by atoms with E-state index in [4.69, 9.17) is 5.11 Å². The molecule has 1 aliphatic carbocycles. The molecule has 22 heavy (non-hydrogen) atoms. The molecule has 0 saturated heterocycles. The molecule has 0 spiro atoms. The Bertz CT molecular complexity index is 597. The summed E-state index contributed by atoms with van der Waals surface area (Å²) in [6.07, 6.45) is 2.54. The van der Waals surface area contributed by atoms with Crippen LogP contribution in [0, 0.1) is 11.7 Å². The third-order valence-corrected chi connectivity index (χ3v) is 4.62. The number of hydrogen-bond donors (Lipinski definition) is 2. The molecule has 6 heteroatoms. The second-order valence-electron chi connectivity index (χ2n) is 6.07. The van der Waals surface area contributed by atoms with Gasteiger partial charge in [-0.2, -0.15) is 0 Å². The van der Waals surface area contributed by atoms with Gasteiger partial charge in [-0.3, -0.25) is 4.79 Å². The van der Waals surface area contributed by atoms with Crippen molar-refractivity contribution in [3.05, 3.63) is 35.1 Å². The van der Waals surface area contributed by atoms with Crippen molar-refractivity contribution in [2.24, 2.45) is 5.92 Å². The van der Waals surface area contributed by atoms with Crippen LogP contribution in [0.2, 0.25) is 0 Å². The normalized spacial score (nSPS) is 24.0. The number of halogens is 1. The SMILES string of the molecule is O=C(O)C1CCC(NC(=O)N2Cc3cccc(F)c3C2)CC1. The quantitative estimate of drug-likeness (QED) is 0.882. The number of nitrogens with zero attached hydrogens (tertiary/aromatic N) is 1. The lowest BCUT2D eigenvalue weighted by atomic mass is 9.86. The molecular weight excluding hydrogens is 287 g/mol. The van der Waals surface area contributed by atoms with Crippen LogP contribution in [0.4, 0.5) is 9.18 Å². The van der Waals surface area contributed by atoms with E-state index in [1.54, 1.807) is 11.0 Å². The van der Waals surface area contributed by atoms with Crippen molar-refractivity contribution in [2.45, 2.75) is 44.8 Å². The molecule has 2 amide bonds. The summed E-state index contributed by atoms with van der Waals surface area (Å²) in [6.45, 7) is 0.710. The van der Waals surface area contributed by atoms with E-state index < -0.39 is 5.97 Å². The van der Waals surface area contributed by atoms with Gasteiger partial charge in [0.15, 0.2) is 0 Å². The molecule has 1 aliphatic heterocycles. The molecule has 2 N–H and O–H groups in total. The molecule has 0 atom stereocenters. The summed E-state index contributed by atoms with van der Waals surface area (Å²) in [6, 6.07) is 4.71. The first kappa shape index (κ1) is 14.8. The van der Waals surface area contributed by atoms with Gasteiger partial charge in [0.25, 0.3) is 0 Å². The molecule has 5 nitrogen and oxygen atoms in total. The van der Waals surface area contributed by atoms with Crippen LogP contribution < -0.4 is 5.32 Å². The highest BCUT2D eigenvalue weighted by Crippen LogP contribution is 2.27. The van der Waals surface area contributed by atoms with Crippen molar-refractivity contribution < 1.29 is 19.1 Å². The van der Waals surface area contributed by atoms with Gasteiger partial charge in [0.1, 0.15) is 5.82 Å². The highest BCUT2D eigenvalue weighted by molar-refractivity contribution is 5.75. The number of carboxylic acids is 1. The van der Waals surface area contributed by atoms with Gasteiger partial charge in [-0.15, -0.1) is 0 Å². The van der Waals surface area contributed by atoms with Crippen LogP contribution in [0.25, 0.3) is 0 Å². The van der Waals surface area contributed by atoms with Crippen LogP contribution in [0.3, 0.4) is 0 Å². The molecule has 2 aliphatic rings. The zero-order valence-corrected chi connectivity index (χ0v) is 12.2. The van der Waals surface area contributed by atoms with Crippen LogP contribution in [0.5, 0.6) is 0 Å². The highest BCUT2D eigenvalue weighted by atomic mass is 19.1. The van der Waals surface area contributed by atoms with Crippen molar-refractivity contribution >= 4 is 12.0 Å². The van der Waals surface area contributed by atoms with Gasteiger partial charge in [-0.05, 0) is 37.3 Å². The van der Waals surface area contributed by atoms with Gasteiger partial charge in [-0.1, -0.05) is 12.1 Å². The summed E-state index contributed by atoms with van der Waals surface area (Å²) in [5.74, 6) is -1.32. The van der Waals surface area contributed by atoms with Crippen molar-refractivity contribution in [3.63, 3.8) is 0 Å². The molecule has 118 valence electrons. The molecule has 1 aromatic carbocycles. The van der Waals surface area contributed by atoms with Gasteiger partial charge in [0, 0.05) is 18.2 Å². The average molecular weight is 306 g/mol. The van der Waals surface area contributed by atoms with E-state index in [9.17, 15) is 14.0 Å². The summed E-state index contributed by atoms with van der Waals surface area (Å²) in [7, 11) is 0. The summed E-state index contributed by atoms with van der Waals surface area (Å²) in [5, 5.41) is 11.9. The zero-order valence-electron chi connectivity index (χ0n) is 12.2. The van der Waals surface area contributed by atoms with Gasteiger partial charge in [0.2, 0.25) is 0 Å². The Morgan fingerprint density at radius 2 is 1.91 bits per heavy atom. The topological polar surface area (TPSA) is 69.6 Å². The Kier molecular flexibility index (Phi) is 4.00. The Balaban J connectivity index is 1.54. The molecule has 1 heterocycles. The lowest BCUT2D eigenvalue weighted by Gasteiger charge is -2.28. The van der Waals surface area contributed by atoms with E-state index in [1.165, 1.54) is 6.07 Å². The minimum atomic E-state index is -0.754. The smallest absolute Gasteiger partial charge is 0.318 e. The number of urea groups is 1. The first-order valence-corrected chi connectivity index (χ1v) is 7.59. The summed E-state index contributed by atoms with van der Waals surface area (Å²) in [5.41, 5.74) is 1.44. The number of rotatable bonds is 2. The second kappa shape index (κ2) is 5.94. The zero-order chi connectivity index (χ0) is 15.7. The molecule has 1 fully saturated rings. The first-order valence-electron chi connectivity index (χ1n) is 7.59. The highest BCUT2D eigenvalue weighted by Gasteiger charge is 2.30. The van der Waals surface area contributed by atoms with Crippen molar-refractivity contribution in [2.75, 3.05) is 0 Å². The van der Waals surface area contributed by atoms with E-state index in [-0.39, 0.29) is 30.4 Å². The monoisotopic (exact) mass is 306 g/mol. The molecule has 3 rings (SSSR count). The van der Waals surface area contributed by atoms with Crippen molar-refractivity contribution in [3.8, 4) is 0 Å². The average Bonchev–Trinajstić information content (AvgIpc) is 2.93. The third kappa shape index (κ3) is 2.91. The Labute approximate surface area is 128 Å². The number of benzene rings is 1. The number of nitrogens with one attached hydrogen (secondary N) is 1. The van der Waals surface area contributed by atoms with Crippen LogP contribution in [0.1, 0.15) is 36.8 Å². The number of amides is 2. The lowest BCUT2D eigenvalue weighted by Crippen LogP contribution is -2.44. The Morgan fingerprint density at radius 1 is 1.18 bits per heavy atom. The predicted molar refractivity (Wildman–Crippen MR) is 77.6 cm³/mol. The van der Waals surface area contributed by atoms with Crippen molar-refractivity contribution in [1.29, 1.82) is 0 Å². The van der Waals surface area contributed by atoms with Crippen LogP contribution in [-0.4, -0.2) is 28.0 Å². The lowest BCUT2D eigenvalue weighted by molar-refractivity contribution is -0.142. The Morgan fingerprint density at radius 3 is 2.55 bits per heavy atom. The summed E-state index contributed by atoms with van der Waals surface area (Å²) in [4.78, 5) is 24.8. The first-order chi connectivity index (χ1) is 10.5. The van der Waals surface area contributed by atoms with Gasteiger partial charge >= 0.3 is 12.0 Å². The van der Waals surface area contributed by atoms with E-state index in [0.717, 1.165) is 5.56 Å². The molecule has 1 saturated carbocycles. The summed E-state index contributed by atoms with van der Waals surface area (Å²) >= 11 is 0. The van der Waals surface area contributed by atoms with Crippen LogP contribution >= 0.6 is 0 Å². The minimum Gasteiger partial charge on any atom is -0.481 e. The fourth-order valence-electron chi connectivity index (χ4n) is 3.28. The number of fused-ring (bicyclic) bond motifs is 1. The Hall–Kier alpha value is -2.11. The van der Waals surface area contributed by atoms with E-state index >= 15 is 0 Å². The molecular formula is C16H19FN2O3. The summed E-state index contributed by atoms with van der Waals surface area (Å²) < 4.78 is 13.7. The van der Waals surface area contributed by atoms with Crippen LogP contribution in [0.15, 0.2) is 18.2 Å². The third-order valence-electron chi connectivity index (χ3n) is 4.62. The van der Waals surface area contributed by atoms with Crippen LogP contribution in [-0.2, 0) is 17.9 Å². The number of hydrogen-bond acceptors (Lipinski definition) is 2. The standard InChI is InChI=1S/C16H19FN2O3/c17-14-3-1-2-11-8-19(9-13(11)14)16(22)18-12-6-4-10(5-7-12)15(20)21/h1-3,10,12H,4-9H2,(H,18,22)(H,20,21). The maximum absolute atomic E-state index is 13.7. The van der Waals surface area contributed by atoms with E-state index in [1.807, 2.05) is 6.07 Å². The number of carboxylic acid groups (broad SMARTS) is 1. The van der Waals surface area contributed by atoms with Gasteiger partial charge in [-0.25, -0.2) is 9.18 Å². The van der Waals surface area contributed by atoms with Gasteiger partial charge in [0.05, 0.1) is 12.5 Å².